The van der Waals surface area contributed by atoms with Crippen LogP contribution in [0.15, 0.2) is 29.6 Å². The van der Waals surface area contributed by atoms with Gasteiger partial charge in [-0.2, -0.15) is 0 Å². The van der Waals surface area contributed by atoms with Crippen LogP contribution in [0.25, 0.3) is 10.1 Å². The molecule has 2 nitrogen and oxygen atoms in total. The minimum absolute atomic E-state index is 0.409. The van der Waals surface area contributed by atoms with Gasteiger partial charge in [0.2, 0.25) is 0 Å². The van der Waals surface area contributed by atoms with Crippen LogP contribution in [0.5, 0.6) is 0 Å². The molecule has 0 bridgehead atoms. The molecule has 102 valence electrons. The van der Waals surface area contributed by atoms with Gasteiger partial charge in [0.25, 0.3) is 0 Å². The van der Waals surface area contributed by atoms with E-state index < -0.39 is 0 Å². The average molecular weight is 274 g/mol. The molecule has 1 fully saturated rings. The SMILES string of the molecule is CN(C)C1(CNCc2csc3ccccc23)CCC1. The third-order valence-electron chi connectivity index (χ3n) is 4.56. The summed E-state index contributed by atoms with van der Waals surface area (Å²) in [6, 6.07) is 8.68. The van der Waals surface area contributed by atoms with Gasteiger partial charge in [0.15, 0.2) is 0 Å². The van der Waals surface area contributed by atoms with Gasteiger partial charge in [-0.05, 0) is 55.8 Å². The molecule has 0 radical (unpaired) electrons. The van der Waals surface area contributed by atoms with Gasteiger partial charge in [-0.25, -0.2) is 0 Å². The Morgan fingerprint density at radius 2 is 2.05 bits per heavy atom. The Morgan fingerprint density at radius 3 is 2.74 bits per heavy atom. The highest BCUT2D eigenvalue weighted by Gasteiger charge is 2.38. The average Bonchev–Trinajstić information content (AvgIpc) is 2.75. The molecule has 1 aliphatic carbocycles. The van der Waals surface area contributed by atoms with Gasteiger partial charge in [-0.3, -0.25) is 0 Å². The zero-order valence-corrected chi connectivity index (χ0v) is 12.6. The summed E-state index contributed by atoms with van der Waals surface area (Å²) in [6.45, 7) is 2.09. The van der Waals surface area contributed by atoms with Crippen molar-refractivity contribution in [3.8, 4) is 0 Å². The number of hydrogen-bond acceptors (Lipinski definition) is 3. The number of hydrogen-bond donors (Lipinski definition) is 1. The van der Waals surface area contributed by atoms with Crippen LogP contribution in [-0.4, -0.2) is 31.1 Å². The maximum absolute atomic E-state index is 3.67. The fourth-order valence-corrected chi connectivity index (χ4v) is 3.93. The highest BCUT2D eigenvalue weighted by Crippen LogP contribution is 2.35. The van der Waals surface area contributed by atoms with E-state index in [9.17, 15) is 0 Å². The molecule has 1 aromatic carbocycles. The fourth-order valence-electron chi connectivity index (χ4n) is 2.97. The van der Waals surface area contributed by atoms with Crippen LogP contribution in [0.2, 0.25) is 0 Å². The molecule has 0 amide bonds. The molecule has 0 saturated heterocycles. The van der Waals surface area contributed by atoms with Crippen LogP contribution < -0.4 is 5.32 Å². The Morgan fingerprint density at radius 1 is 1.26 bits per heavy atom. The number of benzene rings is 1. The predicted octanol–water partition coefficient (Wildman–Crippen LogP) is 3.48. The maximum atomic E-state index is 3.67. The standard InChI is InChI=1S/C16H22N2S/c1-18(2)16(8-5-9-16)12-17-10-13-11-19-15-7-4-3-6-14(13)15/h3-4,6-7,11,17H,5,8-10,12H2,1-2H3. The van der Waals surface area contributed by atoms with Crippen LogP contribution in [0.3, 0.4) is 0 Å². The molecular formula is C16H22N2S. The van der Waals surface area contributed by atoms with E-state index in [0.717, 1.165) is 13.1 Å². The molecule has 3 heteroatoms. The Hall–Kier alpha value is -0.900. The fraction of sp³-hybridized carbons (Fsp3) is 0.500. The third-order valence-corrected chi connectivity index (χ3v) is 5.58. The van der Waals surface area contributed by atoms with E-state index in [4.69, 9.17) is 0 Å². The third kappa shape index (κ3) is 2.42. The molecule has 1 N–H and O–H groups in total. The van der Waals surface area contributed by atoms with Crippen molar-refractivity contribution in [3.63, 3.8) is 0 Å². The number of nitrogens with zero attached hydrogens (tertiary/aromatic N) is 1. The van der Waals surface area contributed by atoms with Crippen LogP contribution in [0, 0.1) is 0 Å². The molecule has 1 saturated carbocycles. The van der Waals surface area contributed by atoms with E-state index in [1.807, 2.05) is 11.3 Å². The van der Waals surface area contributed by atoms with Gasteiger partial charge in [-0.1, -0.05) is 18.2 Å². The largest absolute Gasteiger partial charge is 0.311 e. The second-order valence-corrected chi connectivity index (χ2v) is 6.74. The Labute approximate surface area is 119 Å². The van der Waals surface area contributed by atoms with Crippen molar-refractivity contribution in [1.29, 1.82) is 0 Å². The van der Waals surface area contributed by atoms with Crippen molar-refractivity contribution in [2.24, 2.45) is 0 Å². The predicted molar refractivity (Wildman–Crippen MR) is 83.8 cm³/mol. The van der Waals surface area contributed by atoms with Crippen molar-refractivity contribution < 1.29 is 0 Å². The second kappa shape index (κ2) is 5.23. The lowest BCUT2D eigenvalue weighted by Gasteiger charge is -2.47. The first-order chi connectivity index (χ1) is 9.21. The van der Waals surface area contributed by atoms with Gasteiger partial charge >= 0.3 is 0 Å². The zero-order chi connectivity index (χ0) is 13.3. The molecule has 1 heterocycles. The van der Waals surface area contributed by atoms with Gasteiger partial charge in [-0.15, -0.1) is 11.3 Å². The van der Waals surface area contributed by atoms with Crippen molar-refractivity contribution in [2.45, 2.75) is 31.3 Å². The number of nitrogens with one attached hydrogen (secondary N) is 1. The van der Waals surface area contributed by atoms with Crippen molar-refractivity contribution in [2.75, 3.05) is 20.6 Å². The normalized spacial score (nSPS) is 17.8. The first-order valence-electron chi connectivity index (χ1n) is 7.05. The number of fused-ring (bicyclic) bond motifs is 1. The van der Waals surface area contributed by atoms with E-state index in [2.05, 4.69) is 54.0 Å². The molecule has 3 rings (SSSR count). The van der Waals surface area contributed by atoms with Crippen LogP contribution in [-0.2, 0) is 6.54 Å². The topological polar surface area (TPSA) is 15.3 Å². The van der Waals surface area contributed by atoms with Crippen LogP contribution in [0.1, 0.15) is 24.8 Å². The van der Waals surface area contributed by atoms with Crippen molar-refractivity contribution >= 4 is 21.4 Å². The minimum atomic E-state index is 0.409. The van der Waals surface area contributed by atoms with Gasteiger partial charge in [0.1, 0.15) is 0 Å². The number of likely N-dealkylation sites (N-methyl/N-ethyl adjacent to an activating group) is 1. The summed E-state index contributed by atoms with van der Waals surface area (Å²) in [7, 11) is 4.42. The molecule has 1 aliphatic rings. The molecule has 0 spiro atoms. The lowest BCUT2D eigenvalue weighted by atomic mass is 9.75. The van der Waals surface area contributed by atoms with Crippen LogP contribution in [0.4, 0.5) is 0 Å². The lowest BCUT2D eigenvalue weighted by Crippen LogP contribution is -2.56. The van der Waals surface area contributed by atoms with E-state index in [1.165, 1.54) is 34.9 Å². The van der Waals surface area contributed by atoms with Crippen molar-refractivity contribution in [3.05, 3.63) is 35.2 Å². The summed E-state index contributed by atoms with van der Waals surface area (Å²) in [4.78, 5) is 2.40. The highest BCUT2D eigenvalue weighted by molar-refractivity contribution is 7.17. The maximum Gasteiger partial charge on any atom is 0.0346 e. The lowest BCUT2D eigenvalue weighted by molar-refractivity contribution is 0.0598. The van der Waals surface area contributed by atoms with Gasteiger partial charge < -0.3 is 10.2 Å². The Balaban J connectivity index is 1.63. The summed E-state index contributed by atoms with van der Waals surface area (Å²) in [5.74, 6) is 0. The summed E-state index contributed by atoms with van der Waals surface area (Å²) in [6.07, 6.45) is 4.04. The highest BCUT2D eigenvalue weighted by atomic mass is 32.1. The molecule has 19 heavy (non-hydrogen) atoms. The molecule has 0 aliphatic heterocycles. The van der Waals surface area contributed by atoms with Gasteiger partial charge in [0, 0.05) is 23.3 Å². The van der Waals surface area contributed by atoms with Gasteiger partial charge in [0.05, 0.1) is 0 Å². The molecular weight excluding hydrogens is 252 g/mol. The number of rotatable bonds is 5. The number of thiophene rings is 1. The minimum Gasteiger partial charge on any atom is -0.311 e. The summed E-state index contributed by atoms with van der Waals surface area (Å²) in [5, 5.41) is 7.37. The first-order valence-corrected chi connectivity index (χ1v) is 7.92. The summed E-state index contributed by atoms with van der Waals surface area (Å²) in [5.41, 5.74) is 1.85. The summed E-state index contributed by atoms with van der Waals surface area (Å²) < 4.78 is 1.39. The van der Waals surface area contributed by atoms with E-state index in [-0.39, 0.29) is 0 Å². The smallest absolute Gasteiger partial charge is 0.0346 e. The quantitative estimate of drug-likeness (QED) is 0.898. The van der Waals surface area contributed by atoms with E-state index >= 15 is 0 Å². The first kappa shape index (κ1) is 13.1. The molecule has 0 atom stereocenters. The van der Waals surface area contributed by atoms with Crippen molar-refractivity contribution in [1.82, 2.24) is 10.2 Å². The molecule has 2 aromatic rings. The monoisotopic (exact) mass is 274 g/mol. The zero-order valence-electron chi connectivity index (χ0n) is 11.8. The van der Waals surface area contributed by atoms with E-state index in [0.29, 0.717) is 5.54 Å². The molecule has 0 unspecified atom stereocenters. The molecule has 1 aromatic heterocycles. The Kier molecular flexibility index (Phi) is 3.61. The second-order valence-electron chi connectivity index (χ2n) is 5.83. The van der Waals surface area contributed by atoms with E-state index in [1.54, 1.807) is 0 Å². The van der Waals surface area contributed by atoms with Crippen LogP contribution >= 0.6 is 11.3 Å². The Bertz CT molecular complexity index is 555. The summed E-state index contributed by atoms with van der Waals surface area (Å²) >= 11 is 1.85.